The fourth-order valence-electron chi connectivity index (χ4n) is 5.55. The molecule has 1 nitrogen and oxygen atoms in total. The third kappa shape index (κ3) is 2.43. The normalized spacial score (nSPS) is 32.2. The Balaban J connectivity index is 1.68. The van der Waals surface area contributed by atoms with Crippen molar-refractivity contribution in [2.75, 3.05) is 5.32 Å². The lowest BCUT2D eigenvalue weighted by Gasteiger charge is -2.44. The van der Waals surface area contributed by atoms with E-state index >= 15 is 0 Å². The number of halogens is 4. The minimum absolute atomic E-state index is 0.193. The second-order valence-corrected chi connectivity index (χ2v) is 9.18. The molecule has 25 heavy (non-hydrogen) atoms. The molecular weight excluding hydrogens is 396 g/mol. The average molecular weight is 413 g/mol. The van der Waals surface area contributed by atoms with Crippen molar-refractivity contribution >= 4 is 52.1 Å². The third-order valence-corrected chi connectivity index (χ3v) is 7.83. The summed E-state index contributed by atoms with van der Waals surface area (Å²) in [5.41, 5.74) is 3.40. The first-order valence-corrected chi connectivity index (χ1v) is 10.2. The van der Waals surface area contributed by atoms with Crippen LogP contribution in [-0.4, -0.2) is 0 Å². The number of anilines is 1. The summed E-state index contributed by atoms with van der Waals surface area (Å²) in [6, 6.07) is 9.98. The smallest absolute Gasteiger partial charge is 0.0641 e. The standard InChI is InChI=1S/C20H17Cl4N/c21-12-4-3-11(8-15(12)24)19-17-10-2-1-9(7-10)16(17)18-13(22)5-6-14(23)20(18)25-19/h3-6,8-10,16-17,19,25H,1-2,7H2/t9-,10+,16+,17-,19+/m1/s1. The van der Waals surface area contributed by atoms with Crippen molar-refractivity contribution in [2.24, 2.45) is 17.8 Å². The maximum Gasteiger partial charge on any atom is 0.0641 e. The lowest BCUT2D eigenvalue weighted by molar-refractivity contribution is 0.248. The Hall–Kier alpha value is -0.600. The molecule has 5 atom stereocenters. The number of benzene rings is 2. The van der Waals surface area contributed by atoms with Crippen LogP contribution in [0, 0.1) is 17.8 Å². The van der Waals surface area contributed by atoms with Gasteiger partial charge in [-0.15, -0.1) is 0 Å². The Kier molecular flexibility index (Phi) is 3.95. The van der Waals surface area contributed by atoms with Crippen molar-refractivity contribution in [3.05, 3.63) is 61.5 Å². The van der Waals surface area contributed by atoms with E-state index in [1.54, 1.807) is 0 Å². The minimum Gasteiger partial charge on any atom is -0.376 e. The van der Waals surface area contributed by atoms with Crippen molar-refractivity contribution in [1.29, 1.82) is 0 Å². The first-order chi connectivity index (χ1) is 12.0. The van der Waals surface area contributed by atoms with Gasteiger partial charge in [-0.25, -0.2) is 0 Å². The molecule has 2 fully saturated rings. The molecule has 0 aromatic heterocycles. The van der Waals surface area contributed by atoms with Gasteiger partial charge in [0, 0.05) is 5.02 Å². The Morgan fingerprint density at radius 3 is 2.32 bits per heavy atom. The fourth-order valence-corrected chi connectivity index (χ4v) is 6.36. The molecule has 0 amide bonds. The molecule has 0 radical (unpaired) electrons. The van der Waals surface area contributed by atoms with Gasteiger partial charge in [0.1, 0.15) is 0 Å². The van der Waals surface area contributed by atoms with Crippen LogP contribution in [0.25, 0.3) is 0 Å². The molecule has 0 unspecified atom stereocenters. The zero-order valence-corrected chi connectivity index (χ0v) is 16.4. The summed E-state index contributed by atoms with van der Waals surface area (Å²) in [4.78, 5) is 0. The lowest BCUT2D eigenvalue weighted by atomic mass is 9.68. The second kappa shape index (κ2) is 5.96. The van der Waals surface area contributed by atoms with Gasteiger partial charge in [0.25, 0.3) is 0 Å². The van der Waals surface area contributed by atoms with Crippen molar-refractivity contribution in [3.63, 3.8) is 0 Å². The van der Waals surface area contributed by atoms with Crippen LogP contribution >= 0.6 is 46.4 Å². The first-order valence-electron chi connectivity index (χ1n) is 8.74. The fraction of sp³-hybridized carbons (Fsp3) is 0.400. The van der Waals surface area contributed by atoms with Crippen LogP contribution in [0.15, 0.2) is 30.3 Å². The molecule has 2 aromatic carbocycles. The van der Waals surface area contributed by atoms with Gasteiger partial charge in [0.15, 0.2) is 0 Å². The quantitative estimate of drug-likeness (QED) is 0.508. The van der Waals surface area contributed by atoms with E-state index in [1.807, 2.05) is 24.3 Å². The highest BCUT2D eigenvalue weighted by molar-refractivity contribution is 6.42. The Labute approximate surface area is 167 Å². The van der Waals surface area contributed by atoms with E-state index in [-0.39, 0.29) is 6.04 Å². The highest BCUT2D eigenvalue weighted by atomic mass is 35.5. The molecule has 2 aromatic rings. The second-order valence-electron chi connectivity index (χ2n) is 7.55. The van der Waals surface area contributed by atoms with E-state index in [0.29, 0.717) is 27.8 Å². The topological polar surface area (TPSA) is 12.0 Å². The van der Waals surface area contributed by atoms with Gasteiger partial charge in [-0.3, -0.25) is 0 Å². The molecule has 1 N–H and O–H groups in total. The summed E-state index contributed by atoms with van der Waals surface area (Å²) in [5.74, 6) is 2.43. The number of rotatable bonds is 1. The van der Waals surface area contributed by atoms with E-state index in [2.05, 4.69) is 11.4 Å². The Bertz CT molecular complexity index is 865. The van der Waals surface area contributed by atoms with Gasteiger partial charge in [-0.1, -0.05) is 52.5 Å². The van der Waals surface area contributed by atoms with E-state index < -0.39 is 0 Å². The molecule has 2 saturated carbocycles. The maximum absolute atomic E-state index is 6.62. The molecule has 0 spiro atoms. The lowest BCUT2D eigenvalue weighted by Crippen LogP contribution is -2.35. The van der Waals surface area contributed by atoms with Gasteiger partial charge < -0.3 is 5.32 Å². The van der Waals surface area contributed by atoms with E-state index in [0.717, 1.165) is 21.7 Å². The van der Waals surface area contributed by atoms with Crippen LogP contribution in [0.4, 0.5) is 5.69 Å². The van der Waals surface area contributed by atoms with Crippen molar-refractivity contribution in [3.8, 4) is 0 Å². The minimum atomic E-state index is 0.193. The summed E-state index contributed by atoms with van der Waals surface area (Å²) >= 11 is 25.6. The van der Waals surface area contributed by atoms with Crippen molar-refractivity contribution in [2.45, 2.75) is 31.2 Å². The van der Waals surface area contributed by atoms with Gasteiger partial charge in [-0.05, 0) is 78.3 Å². The predicted octanol–water partition coefficient (Wildman–Crippen LogP) is 7.60. The van der Waals surface area contributed by atoms with Crippen LogP contribution < -0.4 is 5.32 Å². The number of hydrogen-bond acceptors (Lipinski definition) is 1. The zero-order chi connectivity index (χ0) is 17.3. The molecule has 1 aliphatic heterocycles. The largest absolute Gasteiger partial charge is 0.376 e. The zero-order valence-electron chi connectivity index (χ0n) is 13.4. The van der Waals surface area contributed by atoms with E-state index in [1.165, 1.54) is 30.4 Å². The van der Waals surface area contributed by atoms with Crippen LogP contribution in [0.2, 0.25) is 20.1 Å². The molecule has 1 heterocycles. The van der Waals surface area contributed by atoms with Gasteiger partial charge >= 0.3 is 0 Å². The van der Waals surface area contributed by atoms with Crippen LogP contribution in [0.1, 0.15) is 42.3 Å². The summed E-state index contributed by atoms with van der Waals surface area (Å²) in [7, 11) is 0. The van der Waals surface area contributed by atoms with Crippen molar-refractivity contribution < 1.29 is 0 Å². The van der Waals surface area contributed by atoms with Crippen LogP contribution in [0.3, 0.4) is 0 Å². The molecule has 5 rings (SSSR count). The number of hydrogen-bond donors (Lipinski definition) is 1. The Morgan fingerprint density at radius 2 is 1.52 bits per heavy atom. The highest BCUT2D eigenvalue weighted by Crippen LogP contribution is 2.65. The average Bonchev–Trinajstić information content (AvgIpc) is 3.22. The third-order valence-electron chi connectivity index (χ3n) is 6.44. The predicted molar refractivity (Wildman–Crippen MR) is 106 cm³/mol. The molecule has 0 saturated heterocycles. The molecular formula is C20H17Cl4N. The molecule has 2 bridgehead atoms. The molecule has 2 aliphatic carbocycles. The maximum atomic E-state index is 6.62. The summed E-state index contributed by atoms with van der Waals surface area (Å²) in [5, 5.41) is 6.47. The number of nitrogens with one attached hydrogen (secondary N) is 1. The van der Waals surface area contributed by atoms with Gasteiger partial charge in [0.05, 0.1) is 26.8 Å². The van der Waals surface area contributed by atoms with Crippen molar-refractivity contribution in [1.82, 2.24) is 0 Å². The molecule has 3 aliphatic rings. The van der Waals surface area contributed by atoms with Gasteiger partial charge in [-0.2, -0.15) is 0 Å². The van der Waals surface area contributed by atoms with Crippen LogP contribution in [-0.2, 0) is 0 Å². The molecule has 5 heteroatoms. The number of fused-ring (bicyclic) bond motifs is 7. The van der Waals surface area contributed by atoms with Gasteiger partial charge in [0.2, 0.25) is 0 Å². The summed E-state index contributed by atoms with van der Waals surface area (Å²) < 4.78 is 0. The van der Waals surface area contributed by atoms with E-state index in [9.17, 15) is 0 Å². The first kappa shape index (κ1) is 16.6. The summed E-state index contributed by atoms with van der Waals surface area (Å²) in [6.45, 7) is 0. The summed E-state index contributed by atoms with van der Waals surface area (Å²) in [6.07, 6.45) is 3.89. The monoisotopic (exact) mass is 411 g/mol. The SMILES string of the molecule is Clc1ccc([C@@H]2Nc3c(Cl)ccc(Cl)c3[C@H]3[C@@H]4CC[C@@H](C4)[C@H]32)cc1Cl. The van der Waals surface area contributed by atoms with E-state index in [4.69, 9.17) is 46.4 Å². The molecule has 130 valence electrons. The highest BCUT2D eigenvalue weighted by Gasteiger charge is 2.54. The van der Waals surface area contributed by atoms with Crippen LogP contribution in [0.5, 0.6) is 0 Å². The Morgan fingerprint density at radius 1 is 0.800 bits per heavy atom.